The van der Waals surface area contributed by atoms with Crippen LogP contribution in [0.25, 0.3) is 0 Å². The highest BCUT2D eigenvalue weighted by molar-refractivity contribution is 7.92. The zero-order valence-corrected chi connectivity index (χ0v) is 14.7. The van der Waals surface area contributed by atoms with Gasteiger partial charge in [0.05, 0.1) is 16.8 Å². The highest BCUT2D eigenvalue weighted by Crippen LogP contribution is 2.27. The number of nitrogens with zero attached hydrogens (tertiary/aromatic N) is 2. The summed E-state index contributed by atoms with van der Waals surface area (Å²) in [7, 11) is -4.16. The number of hydrogen-bond donors (Lipinski definition) is 1. The molecular formula is C17H12F3N3O4S. The first kappa shape index (κ1) is 19.4. The van der Waals surface area contributed by atoms with Gasteiger partial charge in [0.1, 0.15) is 11.5 Å². The summed E-state index contributed by atoms with van der Waals surface area (Å²) >= 11 is 0. The first-order valence-corrected chi connectivity index (χ1v) is 9.12. The summed E-state index contributed by atoms with van der Waals surface area (Å²) in [5.41, 5.74) is 0.142. The van der Waals surface area contributed by atoms with E-state index in [2.05, 4.69) is 19.4 Å². The summed E-state index contributed by atoms with van der Waals surface area (Å²) in [5, 5.41) is 0. The monoisotopic (exact) mass is 411 g/mol. The van der Waals surface area contributed by atoms with E-state index in [1.165, 1.54) is 36.8 Å². The summed E-state index contributed by atoms with van der Waals surface area (Å²) in [4.78, 5) is 7.39. The van der Waals surface area contributed by atoms with Crippen molar-refractivity contribution in [3.05, 3.63) is 67.1 Å². The highest BCUT2D eigenvalue weighted by atomic mass is 32.2. The van der Waals surface area contributed by atoms with E-state index < -0.39 is 27.0 Å². The Bertz CT molecular complexity index is 1060. The summed E-state index contributed by atoms with van der Waals surface area (Å²) in [6.45, 7) is 0. The predicted molar refractivity (Wildman–Crippen MR) is 92.5 cm³/mol. The molecule has 1 heterocycles. The second-order valence-corrected chi connectivity index (χ2v) is 6.98. The van der Waals surface area contributed by atoms with Crippen molar-refractivity contribution in [3.63, 3.8) is 0 Å². The lowest BCUT2D eigenvalue weighted by Crippen LogP contribution is -2.18. The van der Waals surface area contributed by atoms with Crippen LogP contribution in [-0.2, 0) is 10.0 Å². The molecule has 0 atom stereocenters. The molecule has 0 amide bonds. The van der Waals surface area contributed by atoms with Crippen molar-refractivity contribution in [3.8, 4) is 17.4 Å². The average molecular weight is 411 g/mol. The summed E-state index contributed by atoms with van der Waals surface area (Å²) in [6, 6.07) is 10.0. The van der Waals surface area contributed by atoms with Crippen LogP contribution in [0, 0.1) is 0 Å². The maximum absolute atomic E-state index is 12.5. The molecular weight excluding hydrogens is 399 g/mol. The van der Waals surface area contributed by atoms with E-state index in [0.717, 1.165) is 24.3 Å². The Balaban J connectivity index is 1.79. The van der Waals surface area contributed by atoms with Gasteiger partial charge in [0.15, 0.2) is 0 Å². The number of hydrogen-bond acceptors (Lipinski definition) is 6. The van der Waals surface area contributed by atoms with E-state index in [0.29, 0.717) is 0 Å². The van der Waals surface area contributed by atoms with Crippen molar-refractivity contribution in [2.45, 2.75) is 11.3 Å². The first-order valence-electron chi connectivity index (χ1n) is 7.64. The van der Waals surface area contributed by atoms with Gasteiger partial charge in [-0.3, -0.25) is 9.71 Å². The molecule has 2 aromatic carbocycles. The normalized spacial score (nSPS) is 11.7. The minimum atomic E-state index is -4.93. The molecule has 0 saturated carbocycles. The maximum Gasteiger partial charge on any atom is 0.573 e. The topological polar surface area (TPSA) is 90.4 Å². The Kier molecular flexibility index (Phi) is 5.36. The first-order chi connectivity index (χ1) is 13.2. The third kappa shape index (κ3) is 5.33. The Morgan fingerprint density at radius 2 is 1.71 bits per heavy atom. The van der Waals surface area contributed by atoms with E-state index in [-0.39, 0.29) is 17.3 Å². The second-order valence-electron chi connectivity index (χ2n) is 5.30. The van der Waals surface area contributed by atoms with Gasteiger partial charge in [-0.05, 0) is 24.3 Å². The number of rotatable bonds is 6. The number of aromatic nitrogens is 2. The number of nitrogens with one attached hydrogen (secondary N) is 1. The molecule has 0 aliphatic rings. The maximum atomic E-state index is 12.5. The van der Waals surface area contributed by atoms with Crippen LogP contribution in [-0.4, -0.2) is 24.7 Å². The molecule has 28 heavy (non-hydrogen) atoms. The fourth-order valence-electron chi connectivity index (χ4n) is 2.13. The van der Waals surface area contributed by atoms with Crippen molar-refractivity contribution < 1.29 is 31.1 Å². The van der Waals surface area contributed by atoms with E-state index in [1.54, 1.807) is 6.07 Å². The number of benzene rings is 2. The van der Waals surface area contributed by atoms with Crippen LogP contribution >= 0.6 is 0 Å². The van der Waals surface area contributed by atoms with E-state index >= 15 is 0 Å². The lowest BCUT2D eigenvalue weighted by molar-refractivity contribution is -0.274. The molecule has 0 radical (unpaired) electrons. The van der Waals surface area contributed by atoms with Gasteiger partial charge in [-0.15, -0.1) is 13.2 Å². The van der Waals surface area contributed by atoms with Crippen molar-refractivity contribution in [2.24, 2.45) is 0 Å². The van der Waals surface area contributed by atoms with Gasteiger partial charge in [-0.1, -0.05) is 12.1 Å². The summed E-state index contributed by atoms with van der Waals surface area (Å²) < 4.78 is 73.4. The number of ether oxygens (including phenoxy) is 2. The SMILES string of the molecule is O=S(=O)(Nc1cccc(Oc2cnccn2)c1)c1cccc(OC(F)(F)F)c1. The molecule has 0 unspecified atom stereocenters. The Morgan fingerprint density at radius 3 is 2.43 bits per heavy atom. The molecule has 0 saturated heterocycles. The molecule has 0 bridgehead atoms. The zero-order valence-electron chi connectivity index (χ0n) is 13.9. The molecule has 0 fully saturated rings. The number of alkyl halides is 3. The van der Waals surface area contributed by atoms with Gasteiger partial charge in [-0.2, -0.15) is 0 Å². The smallest absolute Gasteiger partial charge is 0.437 e. The lowest BCUT2D eigenvalue weighted by atomic mass is 10.3. The minimum Gasteiger partial charge on any atom is -0.437 e. The van der Waals surface area contributed by atoms with Crippen LogP contribution in [0.4, 0.5) is 18.9 Å². The fraction of sp³-hybridized carbons (Fsp3) is 0.0588. The Morgan fingerprint density at radius 1 is 0.964 bits per heavy atom. The number of sulfonamides is 1. The van der Waals surface area contributed by atoms with Gasteiger partial charge in [0, 0.05) is 24.5 Å². The van der Waals surface area contributed by atoms with Crippen LogP contribution in [0.15, 0.2) is 72.0 Å². The van der Waals surface area contributed by atoms with Crippen LogP contribution in [0.1, 0.15) is 0 Å². The van der Waals surface area contributed by atoms with Crippen molar-refractivity contribution in [1.29, 1.82) is 0 Å². The minimum absolute atomic E-state index is 0.142. The Labute approximate surface area is 157 Å². The molecule has 3 aromatic rings. The largest absolute Gasteiger partial charge is 0.573 e. The quantitative estimate of drug-likeness (QED) is 0.660. The van der Waals surface area contributed by atoms with Crippen molar-refractivity contribution >= 4 is 15.7 Å². The van der Waals surface area contributed by atoms with Crippen LogP contribution in [0.5, 0.6) is 17.4 Å². The van der Waals surface area contributed by atoms with E-state index in [4.69, 9.17) is 4.74 Å². The molecule has 7 nitrogen and oxygen atoms in total. The van der Waals surface area contributed by atoms with Gasteiger partial charge in [-0.25, -0.2) is 13.4 Å². The molecule has 1 aromatic heterocycles. The third-order valence-electron chi connectivity index (χ3n) is 3.20. The molecule has 0 spiro atoms. The van der Waals surface area contributed by atoms with Crippen LogP contribution < -0.4 is 14.2 Å². The third-order valence-corrected chi connectivity index (χ3v) is 4.58. The van der Waals surface area contributed by atoms with Crippen LogP contribution in [0.3, 0.4) is 0 Å². The molecule has 0 aliphatic heterocycles. The van der Waals surface area contributed by atoms with Gasteiger partial charge < -0.3 is 9.47 Å². The predicted octanol–water partition coefficient (Wildman–Crippen LogP) is 3.97. The highest BCUT2D eigenvalue weighted by Gasteiger charge is 2.31. The van der Waals surface area contributed by atoms with Crippen molar-refractivity contribution in [2.75, 3.05) is 4.72 Å². The van der Waals surface area contributed by atoms with E-state index in [1.807, 2.05) is 0 Å². The van der Waals surface area contributed by atoms with Crippen molar-refractivity contribution in [1.82, 2.24) is 9.97 Å². The molecule has 3 rings (SSSR count). The molecule has 146 valence electrons. The van der Waals surface area contributed by atoms with Gasteiger partial charge in [0.25, 0.3) is 10.0 Å². The zero-order chi connectivity index (χ0) is 20.2. The standard InChI is InChI=1S/C17H12F3N3O4S/c18-17(19,20)27-14-5-2-6-15(10-14)28(24,25)23-12-3-1-4-13(9-12)26-16-11-21-7-8-22-16/h1-11,23H. The van der Waals surface area contributed by atoms with E-state index in [9.17, 15) is 21.6 Å². The van der Waals surface area contributed by atoms with Gasteiger partial charge in [0.2, 0.25) is 5.88 Å². The average Bonchev–Trinajstić information content (AvgIpc) is 2.61. The molecule has 1 N–H and O–H groups in total. The van der Waals surface area contributed by atoms with Crippen LogP contribution in [0.2, 0.25) is 0 Å². The summed E-state index contributed by atoms with van der Waals surface area (Å²) in [5.74, 6) is -0.149. The molecule has 0 aliphatic carbocycles. The second kappa shape index (κ2) is 7.72. The summed E-state index contributed by atoms with van der Waals surface area (Å²) in [6.07, 6.45) is -0.656. The number of anilines is 1. The van der Waals surface area contributed by atoms with Gasteiger partial charge >= 0.3 is 6.36 Å². The fourth-order valence-corrected chi connectivity index (χ4v) is 3.22. The Hall–Kier alpha value is -3.34. The molecule has 11 heteroatoms. The lowest BCUT2D eigenvalue weighted by Gasteiger charge is -2.12. The number of halogens is 3.